The standard InChI is InChI=1S/C24H26N2O2S/c1-28-22-20-8-4-5-9-21(20)29-23(22)24(27)26-14-12-25(13-15-26)19-11-10-17-6-2-3-7-18(17)16-19/h2-3,6-7,10-11,16H,4-5,8-9,12-15H2,1H3. The second-order valence-electron chi connectivity index (χ2n) is 7.88. The van der Waals surface area contributed by atoms with E-state index in [9.17, 15) is 4.79 Å². The van der Waals surface area contributed by atoms with E-state index in [2.05, 4.69) is 47.4 Å². The van der Waals surface area contributed by atoms with Crippen LogP contribution >= 0.6 is 11.3 Å². The molecule has 0 spiro atoms. The number of methoxy groups -OCH3 is 1. The van der Waals surface area contributed by atoms with Gasteiger partial charge in [0.25, 0.3) is 5.91 Å². The molecule has 0 unspecified atom stereocenters. The molecular weight excluding hydrogens is 380 g/mol. The highest BCUT2D eigenvalue weighted by molar-refractivity contribution is 7.14. The smallest absolute Gasteiger partial charge is 0.267 e. The summed E-state index contributed by atoms with van der Waals surface area (Å²) in [5.74, 6) is 0.978. The van der Waals surface area contributed by atoms with E-state index in [1.165, 1.54) is 39.7 Å². The van der Waals surface area contributed by atoms with Gasteiger partial charge in [0.15, 0.2) is 0 Å². The molecule has 4 nitrogen and oxygen atoms in total. The third kappa shape index (κ3) is 3.38. The summed E-state index contributed by atoms with van der Waals surface area (Å²) in [4.78, 5) is 19.8. The van der Waals surface area contributed by atoms with Gasteiger partial charge in [0.1, 0.15) is 10.6 Å². The van der Waals surface area contributed by atoms with Gasteiger partial charge in [0.05, 0.1) is 7.11 Å². The van der Waals surface area contributed by atoms with Crippen LogP contribution in [-0.4, -0.2) is 44.1 Å². The maximum absolute atomic E-state index is 13.3. The molecule has 1 aliphatic carbocycles. The van der Waals surface area contributed by atoms with Crippen LogP contribution in [0.3, 0.4) is 0 Å². The molecule has 0 saturated carbocycles. The van der Waals surface area contributed by atoms with Gasteiger partial charge in [-0.3, -0.25) is 4.79 Å². The van der Waals surface area contributed by atoms with E-state index < -0.39 is 0 Å². The van der Waals surface area contributed by atoms with Crippen molar-refractivity contribution in [3.05, 3.63) is 57.8 Å². The second-order valence-corrected chi connectivity index (χ2v) is 8.99. The topological polar surface area (TPSA) is 32.8 Å². The number of hydrogen-bond acceptors (Lipinski definition) is 4. The molecule has 0 bridgehead atoms. The van der Waals surface area contributed by atoms with Gasteiger partial charge in [-0.2, -0.15) is 0 Å². The minimum absolute atomic E-state index is 0.138. The molecular formula is C24H26N2O2S. The predicted octanol–water partition coefficient (Wildman–Crippen LogP) is 4.75. The first-order valence-corrected chi connectivity index (χ1v) is 11.3. The maximum atomic E-state index is 13.3. The minimum atomic E-state index is 0.138. The van der Waals surface area contributed by atoms with Crippen LogP contribution in [0.25, 0.3) is 10.8 Å². The van der Waals surface area contributed by atoms with Crippen LogP contribution in [0.2, 0.25) is 0 Å². The summed E-state index contributed by atoms with van der Waals surface area (Å²) < 4.78 is 5.68. The summed E-state index contributed by atoms with van der Waals surface area (Å²) >= 11 is 1.66. The summed E-state index contributed by atoms with van der Waals surface area (Å²) in [6.45, 7) is 3.21. The van der Waals surface area contributed by atoms with Crippen molar-refractivity contribution in [2.75, 3.05) is 38.2 Å². The molecule has 2 aromatic carbocycles. The summed E-state index contributed by atoms with van der Waals surface area (Å²) in [6, 6.07) is 15.1. The molecule has 3 aromatic rings. The maximum Gasteiger partial charge on any atom is 0.267 e. The molecule has 0 N–H and O–H groups in total. The monoisotopic (exact) mass is 406 g/mol. The zero-order valence-corrected chi connectivity index (χ0v) is 17.6. The summed E-state index contributed by atoms with van der Waals surface area (Å²) in [5.41, 5.74) is 2.52. The highest BCUT2D eigenvalue weighted by atomic mass is 32.1. The first-order chi connectivity index (χ1) is 14.2. The molecule has 0 atom stereocenters. The summed E-state index contributed by atoms with van der Waals surface area (Å²) in [5, 5.41) is 2.52. The fraction of sp³-hybridized carbons (Fsp3) is 0.375. The van der Waals surface area contributed by atoms with Crippen molar-refractivity contribution < 1.29 is 9.53 Å². The Morgan fingerprint density at radius 1 is 0.966 bits per heavy atom. The number of carbonyl (C=O) groups excluding carboxylic acids is 1. The number of ether oxygens (including phenoxy) is 1. The summed E-state index contributed by atoms with van der Waals surface area (Å²) in [6.07, 6.45) is 4.53. The van der Waals surface area contributed by atoms with Gasteiger partial charge in [-0.25, -0.2) is 0 Å². The van der Waals surface area contributed by atoms with Gasteiger partial charge in [0, 0.05) is 42.3 Å². The zero-order chi connectivity index (χ0) is 19.8. The normalized spacial score (nSPS) is 16.7. The van der Waals surface area contributed by atoms with E-state index in [-0.39, 0.29) is 5.91 Å². The SMILES string of the molecule is COc1c(C(=O)N2CCN(c3ccc4ccccc4c3)CC2)sc2c1CCCC2. The Bertz CT molecular complexity index is 1050. The molecule has 29 heavy (non-hydrogen) atoms. The molecule has 5 heteroatoms. The van der Waals surface area contributed by atoms with E-state index in [0.29, 0.717) is 0 Å². The quantitative estimate of drug-likeness (QED) is 0.629. The Morgan fingerprint density at radius 3 is 2.52 bits per heavy atom. The number of benzene rings is 2. The van der Waals surface area contributed by atoms with Crippen molar-refractivity contribution in [1.29, 1.82) is 0 Å². The Hall–Kier alpha value is -2.53. The van der Waals surface area contributed by atoms with Crippen LogP contribution in [0.4, 0.5) is 5.69 Å². The number of hydrogen-bond donors (Lipinski definition) is 0. The van der Waals surface area contributed by atoms with Crippen LogP contribution in [0.5, 0.6) is 5.75 Å². The molecule has 1 saturated heterocycles. The van der Waals surface area contributed by atoms with Gasteiger partial charge < -0.3 is 14.5 Å². The van der Waals surface area contributed by atoms with Crippen LogP contribution in [0.1, 0.15) is 33.0 Å². The molecule has 1 aromatic heterocycles. The van der Waals surface area contributed by atoms with Crippen LogP contribution in [0, 0.1) is 0 Å². The largest absolute Gasteiger partial charge is 0.495 e. The average molecular weight is 407 g/mol. The number of nitrogens with zero attached hydrogens (tertiary/aromatic N) is 2. The first kappa shape index (κ1) is 18.5. The summed E-state index contributed by atoms with van der Waals surface area (Å²) in [7, 11) is 1.70. The van der Waals surface area contributed by atoms with Gasteiger partial charge in [-0.05, 0) is 48.6 Å². The fourth-order valence-electron chi connectivity index (χ4n) is 4.58. The second kappa shape index (κ2) is 7.71. The Kier molecular flexibility index (Phi) is 4.92. The Labute approximate surface area is 175 Å². The lowest BCUT2D eigenvalue weighted by atomic mass is 9.98. The highest BCUT2D eigenvalue weighted by Gasteiger charge is 2.30. The van der Waals surface area contributed by atoms with Crippen LogP contribution in [0.15, 0.2) is 42.5 Å². The van der Waals surface area contributed by atoms with Gasteiger partial charge in [0.2, 0.25) is 0 Å². The van der Waals surface area contributed by atoms with Crippen molar-refractivity contribution in [3.63, 3.8) is 0 Å². The number of amides is 1. The van der Waals surface area contributed by atoms with Crippen LogP contribution in [-0.2, 0) is 12.8 Å². The van der Waals surface area contributed by atoms with Crippen molar-refractivity contribution in [1.82, 2.24) is 4.90 Å². The molecule has 150 valence electrons. The van der Waals surface area contributed by atoms with Gasteiger partial charge in [-0.15, -0.1) is 11.3 Å². The number of anilines is 1. The number of fused-ring (bicyclic) bond motifs is 2. The average Bonchev–Trinajstić information content (AvgIpc) is 3.17. The lowest BCUT2D eigenvalue weighted by Gasteiger charge is -2.36. The first-order valence-electron chi connectivity index (χ1n) is 10.5. The Morgan fingerprint density at radius 2 is 1.72 bits per heavy atom. The predicted molar refractivity (Wildman–Crippen MR) is 120 cm³/mol. The van der Waals surface area contributed by atoms with Crippen molar-refractivity contribution in [2.24, 2.45) is 0 Å². The molecule has 2 heterocycles. The zero-order valence-electron chi connectivity index (χ0n) is 16.8. The molecule has 5 rings (SSSR count). The Balaban J connectivity index is 1.31. The van der Waals surface area contributed by atoms with E-state index in [4.69, 9.17) is 4.74 Å². The fourth-order valence-corrected chi connectivity index (χ4v) is 5.90. The van der Waals surface area contributed by atoms with Crippen LogP contribution < -0.4 is 9.64 Å². The van der Waals surface area contributed by atoms with Crippen molar-refractivity contribution in [3.8, 4) is 5.75 Å². The van der Waals surface area contributed by atoms with E-state index >= 15 is 0 Å². The van der Waals surface area contributed by atoms with Crippen molar-refractivity contribution in [2.45, 2.75) is 25.7 Å². The number of piperazine rings is 1. The highest BCUT2D eigenvalue weighted by Crippen LogP contribution is 2.40. The lowest BCUT2D eigenvalue weighted by molar-refractivity contribution is 0.0748. The molecule has 2 aliphatic rings. The molecule has 1 fully saturated rings. The van der Waals surface area contributed by atoms with E-state index in [1.807, 2.05) is 4.90 Å². The minimum Gasteiger partial charge on any atom is -0.495 e. The number of thiophene rings is 1. The number of carbonyl (C=O) groups is 1. The third-order valence-corrected chi connectivity index (χ3v) is 7.45. The number of aryl methyl sites for hydroxylation is 1. The molecule has 1 aliphatic heterocycles. The van der Waals surface area contributed by atoms with E-state index in [1.54, 1.807) is 18.4 Å². The van der Waals surface area contributed by atoms with Crippen molar-refractivity contribution >= 4 is 33.7 Å². The lowest BCUT2D eigenvalue weighted by Crippen LogP contribution is -2.48. The van der Waals surface area contributed by atoms with E-state index in [0.717, 1.165) is 49.6 Å². The molecule has 0 radical (unpaired) electrons. The van der Waals surface area contributed by atoms with Gasteiger partial charge in [-0.1, -0.05) is 30.3 Å². The molecule has 1 amide bonds. The van der Waals surface area contributed by atoms with Gasteiger partial charge >= 0.3 is 0 Å². The number of rotatable bonds is 3. The third-order valence-electron chi connectivity index (χ3n) is 6.19.